The van der Waals surface area contributed by atoms with Gasteiger partial charge in [0.05, 0.1) is 6.23 Å². The van der Waals surface area contributed by atoms with Crippen molar-refractivity contribution in [3.05, 3.63) is 12.2 Å². The molecular weight excluding hydrogens is 350 g/mol. The summed E-state index contributed by atoms with van der Waals surface area (Å²) in [6.45, 7) is 8.12. The van der Waals surface area contributed by atoms with Crippen molar-refractivity contribution in [1.82, 2.24) is 0 Å². The Morgan fingerprint density at radius 1 is 0.750 bits per heavy atom. The molecular formula is C24H51NO3. The lowest BCUT2D eigenvalue weighted by Gasteiger charge is -1.99. The minimum Gasteiger partial charge on any atom is -0.481 e. The largest absolute Gasteiger partial charge is 0.481 e. The Morgan fingerprint density at radius 3 is 1.46 bits per heavy atom. The highest BCUT2D eigenvalue weighted by molar-refractivity contribution is 5.66. The summed E-state index contributed by atoms with van der Waals surface area (Å²) >= 11 is 0. The third kappa shape index (κ3) is 49.9. The van der Waals surface area contributed by atoms with Crippen molar-refractivity contribution in [3.63, 3.8) is 0 Å². The molecule has 0 aliphatic heterocycles. The van der Waals surface area contributed by atoms with Crippen LogP contribution in [0.1, 0.15) is 130 Å². The summed E-state index contributed by atoms with van der Waals surface area (Å²) in [7, 11) is 0. The highest BCUT2D eigenvalue weighted by atomic mass is 16.4. The molecule has 0 aliphatic carbocycles. The second-order valence-electron chi connectivity index (χ2n) is 7.47. The molecule has 0 heterocycles. The molecule has 4 heteroatoms. The average molecular weight is 402 g/mol. The van der Waals surface area contributed by atoms with E-state index in [1.54, 1.807) is 0 Å². The van der Waals surface area contributed by atoms with Gasteiger partial charge in [-0.05, 0) is 39.0 Å². The summed E-state index contributed by atoms with van der Waals surface area (Å²) in [6.07, 6.45) is 23.2. The Morgan fingerprint density at radius 2 is 1.11 bits per heavy atom. The molecule has 0 spiro atoms. The molecule has 4 nitrogen and oxygen atoms in total. The Balaban J connectivity index is -0.000000656. The molecule has 0 aromatic rings. The number of aliphatic hydroxyl groups excluding tert-OH is 1. The first kappa shape index (κ1) is 31.8. The first-order valence-corrected chi connectivity index (χ1v) is 11.7. The Hall–Kier alpha value is -0.870. The second kappa shape index (κ2) is 30.8. The minimum atomic E-state index is -0.667. The second-order valence-corrected chi connectivity index (χ2v) is 7.47. The van der Waals surface area contributed by atoms with Crippen molar-refractivity contribution in [2.24, 2.45) is 5.73 Å². The Bertz CT molecular complexity index is 299. The summed E-state index contributed by atoms with van der Waals surface area (Å²) in [5.41, 5.74) is 4.67. The van der Waals surface area contributed by atoms with Gasteiger partial charge in [-0.15, -0.1) is 0 Å². The van der Waals surface area contributed by atoms with Gasteiger partial charge in [-0.3, -0.25) is 4.79 Å². The van der Waals surface area contributed by atoms with E-state index in [2.05, 4.69) is 38.7 Å². The number of unbranched alkanes of at least 4 members (excludes halogenated alkanes) is 12. The van der Waals surface area contributed by atoms with Gasteiger partial charge in [-0.1, -0.05) is 97.1 Å². The van der Waals surface area contributed by atoms with Crippen LogP contribution in [0.15, 0.2) is 12.2 Å². The fourth-order valence-corrected chi connectivity index (χ4v) is 2.35. The molecule has 1 unspecified atom stereocenters. The van der Waals surface area contributed by atoms with Crippen molar-refractivity contribution in [1.29, 1.82) is 0 Å². The zero-order valence-electron chi connectivity index (χ0n) is 19.4. The van der Waals surface area contributed by atoms with Gasteiger partial charge in [0.25, 0.3) is 0 Å². The van der Waals surface area contributed by atoms with Crippen molar-refractivity contribution >= 4 is 5.97 Å². The lowest BCUT2D eigenvalue weighted by atomic mass is 10.1. The van der Waals surface area contributed by atoms with Crippen LogP contribution in [0, 0.1) is 0 Å². The molecule has 0 radical (unpaired) electrons. The zero-order chi connectivity index (χ0) is 21.9. The number of carboxylic acids is 1. The standard InChI is InChI=1S/C18H34O2.C4H10.C2H7NO/c1-2-3-4-5-6-7-8-9-10-11-12-13-14-15-16-17-18(19)20;1-3-4-2;1-2(3)4/h9-10H,2-8,11-17H2,1H3,(H,19,20);3-4H2,1-2H3;2,4H,3H2,1H3/b10-9-;;. The van der Waals surface area contributed by atoms with Crippen LogP contribution in [0.4, 0.5) is 0 Å². The third-order valence-corrected chi connectivity index (χ3v) is 4.15. The van der Waals surface area contributed by atoms with Crippen molar-refractivity contribution < 1.29 is 15.0 Å². The average Bonchev–Trinajstić information content (AvgIpc) is 2.64. The van der Waals surface area contributed by atoms with Crippen LogP contribution < -0.4 is 5.73 Å². The molecule has 1 atom stereocenters. The lowest BCUT2D eigenvalue weighted by Crippen LogP contribution is -2.11. The lowest BCUT2D eigenvalue weighted by molar-refractivity contribution is -0.137. The van der Waals surface area contributed by atoms with Gasteiger partial charge < -0.3 is 15.9 Å². The van der Waals surface area contributed by atoms with Gasteiger partial charge in [0, 0.05) is 6.42 Å². The quantitative estimate of drug-likeness (QED) is 0.145. The van der Waals surface area contributed by atoms with Crippen molar-refractivity contribution in [3.8, 4) is 0 Å². The van der Waals surface area contributed by atoms with Crippen LogP contribution in [0.25, 0.3) is 0 Å². The van der Waals surface area contributed by atoms with E-state index >= 15 is 0 Å². The number of hydrogen-bond acceptors (Lipinski definition) is 3. The fraction of sp³-hybridized carbons (Fsp3) is 0.875. The summed E-state index contributed by atoms with van der Waals surface area (Å²) in [5.74, 6) is -0.664. The summed E-state index contributed by atoms with van der Waals surface area (Å²) in [6, 6.07) is 0. The smallest absolute Gasteiger partial charge is 0.303 e. The minimum absolute atomic E-state index is 0.332. The molecule has 28 heavy (non-hydrogen) atoms. The maximum absolute atomic E-state index is 10.3. The number of aliphatic hydroxyl groups is 1. The van der Waals surface area contributed by atoms with Crippen LogP contribution in [0.2, 0.25) is 0 Å². The number of allylic oxidation sites excluding steroid dienone is 2. The maximum Gasteiger partial charge on any atom is 0.303 e. The molecule has 4 N–H and O–H groups in total. The van der Waals surface area contributed by atoms with Gasteiger partial charge >= 0.3 is 5.97 Å². The third-order valence-electron chi connectivity index (χ3n) is 4.15. The number of nitrogens with two attached hydrogens (primary N) is 1. The van der Waals surface area contributed by atoms with E-state index in [4.69, 9.17) is 10.2 Å². The van der Waals surface area contributed by atoms with Crippen LogP contribution in [-0.4, -0.2) is 22.4 Å². The highest BCUT2D eigenvalue weighted by Crippen LogP contribution is 2.09. The van der Waals surface area contributed by atoms with Gasteiger partial charge in [0.15, 0.2) is 0 Å². The molecule has 0 aliphatic rings. The van der Waals surface area contributed by atoms with Gasteiger partial charge in [-0.2, -0.15) is 0 Å². The van der Waals surface area contributed by atoms with E-state index in [-0.39, 0.29) is 0 Å². The van der Waals surface area contributed by atoms with Gasteiger partial charge in [0.1, 0.15) is 0 Å². The number of carbonyl (C=O) groups is 1. The predicted molar refractivity (Wildman–Crippen MR) is 124 cm³/mol. The zero-order valence-corrected chi connectivity index (χ0v) is 19.4. The van der Waals surface area contributed by atoms with Gasteiger partial charge in [-0.25, -0.2) is 0 Å². The van der Waals surface area contributed by atoms with Crippen LogP contribution >= 0.6 is 0 Å². The number of aliphatic carboxylic acids is 1. The number of hydrogen-bond donors (Lipinski definition) is 3. The summed E-state index contributed by atoms with van der Waals surface area (Å²) < 4.78 is 0. The Kier molecular flexibility index (Phi) is 35.0. The summed E-state index contributed by atoms with van der Waals surface area (Å²) in [5, 5.41) is 16.3. The first-order chi connectivity index (χ1) is 13.4. The molecule has 0 rings (SSSR count). The topological polar surface area (TPSA) is 83.5 Å². The van der Waals surface area contributed by atoms with E-state index in [9.17, 15) is 4.79 Å². The Labute approximate surface area is 176 Å². The van der Waals surface area contributed by atoms with Gasteiger partial charge in [0.2, 0.25) is 0 Å². The maximum atomic E-state index is 10.3. The SMILES string of the molecule is CC(N)O.CCCC.CCCCCCCC/C=C\CCCCCCCC(=O)O. The summed E-state index contributed by atoms with van der Waals surface area (Å²) in [4.78, 5) is 10.3. The van der Waals surface area contributed by atoms with Crippen LogP contribution in [0.5, 0.6) is 0 Å². The molecule has 0 fully saturated rings. The molecule has 0 amide bonds. The predicted octanol–water partition coefficient (Wildman–Crippen LogP) is 7.20. The molecule has 0 aromatic heterocycles. The number of rotatable bonds is 16. The molecule has 0 bridgehead atoms. The molecule has 0 saturated heterocycles. The van der Waals surface area contributed by atoms with Crippen LogP contribution in [0.3, 0.4) is 0 Å². The van der Waals surface area contributed by atoms with E-state index in [0.717, 1.165) is 12.8 Å². The molecule has 0 aromatic carbocycles. The van der Waals surface area contributed by atoms with Crippen molar-refractivity contribution in [2.45, 2.75) is 137 Å². The van der Waals surface area contributed by atoms with Crippen molar-refractivity contribution in [2.75, 3.05) is 0 Å². The van der Waals surface area contributed by atoms with E-state index in [1.807, 2.05) is 0 Å². The fourth-order valence-electron chi connectivity index (χ4n) is 2.35. The van der Waals surface area contributed by atoms with E-state index in [0.29, 0.717) is 6.42 Å². The number of carboxylic acid groups (broad SMARTS) is 1. The molecule has 0 saturated carbocycles. The normalized spacial score (nSPS) is 11.4. The van der Waals surface area contributed by atoms with E-state index in [1.165, 1.54) is 90.4 Å². The first-order valence-electron chi connectivity index (χ1n) is 11.7. The molecule has 170 valence electrons. The highest BCUT2D eigenvalue weighted by Gasteiger charge is 1.95. The van der Waals surface area contributed by atoms with E-state index < -0.39 is 12.2 Å². The monoisotopic (exact) mass is 401 g/mol. The van der Waals surface area contributed by atoms with Crippen LogP contribution in [-0.2, 0) is 4.79 Å².